The van der Waals surface area contributed by atoms with E-state index in [2.05, 4.69) is 69.4 Å². The Bertz CT molecular complexity index is 1010. The summed E-state index contributed by atoms with van der Waals surface area (Å²) in [5, 5.41) is 0. The van der Waals surface area contributed by atoms with Gasteiger partial charge in [0.2, 0.25) is 0 Å². The maximum atomic E-state index is 12.7. The van der Waals surface area contributed by atoms with E-state index >= 15 is 0 Å². The third-order valence-electron chi connectivity index (χ3n) is 10.3. The number of unbranched alkanes of at least 4 members (excludes halogenated alkanes) is 24. The highest BCUT2D eigenvalue weighted by molar-refractivity contribution is 5.71. The summed E-state index contributed by atoms with van der Waals surface area (Å²) in [5.41, 5.74) is 0. The molecule has 0 aliphatic rings. The molecule has 0 bridgehead atoms. The minimum Gasteiger partial charge on any atom is -0.462 e. The van der Waals surface area contributed by atoms with E-state index in [1.54, 1.807) is 0 Å². The minimum absolute atomic E-state index is 0.0805. The molecule has 0 aromatic rings. The van der Waals surface area contributed by atoms with E-state index in [0.717, 1.165) is 96.3 Å². The Hall–Kier alpha value is -2.63. The third-order valence-corrected chi connectivity index (χ3v) is 10.3. The molecule has 0 saturated carbocycles. The zero-order valence-electron chi connectivity index (χ0n) is 37.6. The van der Waals surface area contributed by atoms with Crippen LogP contribution in [0, 0.1) is 0 Å². The number of hydrogen-bond donors (Lipinski definition) is 0. The number of carbonyl (C=O) groups is 3. The van der Waals surface area contributed by atoms with Crippen LogP contribution in [-0.4, -0.2) is 37.2 Å². The van der Waals surface area contributed by atoms with Gasteiger partial charge in [0.15, 0.2) is 6.10 Å². The molecule has 1 unspecified atom stereocenters. The fourth-order valence-corrected chi connectivity index (χ4v) is 6.61. The van der Waals surface area contributed by atoms with Crippen molar-refractivity contribution in [1.29, 1.82) is 0 Å². The van der Waals surface area contributed by atoms with Gasteiger partial charge >= 0.3 is 17.9 Å². The summed E-state index contributed by atoms with van der Waals surface area (Å²) in [5.74, 6) is -0.905. The average Bonchev–Trinajstić information content (AvgIpc) is 3.21. The van der Waals surface area contributed by atoms with Crippen molar-refractivity contribution in [2.75, 3.05) is 13.2 Å². The monoisotopic (exact) mass is 799 g/mol. The predicted octanol–water partition coefficient (Wildman–Crippen LogP) is 15.5. The molecule has 0 radical (unpaired) electrons. The second-order valence-electron chi connectivity index (χ2n) is 16.0. The zero-order valence-corrected chi connectivity index (χ0v) is 37.6. The smallest absolute Gasteiger partial charge is 0.306 e. The van der Waals surface area contributed by atoms with Crippen LogP contribution in [0.25, 0.3) is 0 Å². The molecule has 57 heavy (non-hydrogen) atoms. The van der Waals surface area contributed by atoms with Crippen LogP contribution >= 0.6 is 0 Å². The first kappa shape index (κ1) is 54.4. The van der Waals surface area contributed by atoms with Gasteiger partial charge in [0.05, 0.1) is 0 Å². The quantitative estimate of drug-likeness (QED) is 0.0265. The number of esters is 3. The Morgan fingerprint density at radius 2 is 0.649 bits per heavy atom. The highest BCUT2D eigenvalue weighted by Crippen LogP contribution is 2.14. The van der Waals surface area contributed by atoms with Gasteiger partial charge in [-0.2, -0.15) is 0 Å². The second kappa shape index (κ2) is 46.1. The lowest BCUT2D eigenvalue weighted by molar-refractivity contribution is -0.167. The highest BCUT2D eigenvalue weighted by Gasteiger charge is 2.19. The number of allylic oxidation sites excluding steroid dienone is 8. The van der Waals surface area contributed by atoms with Crippen LogP contribution in [0.2, 0.25) is 0 Å². The van der Waals surface area contributed by atoms with Crippen LogP contribution in [-0.2, 0) is 28.6 Å². The van der Waals surface area contributed by atoms with Gasteiger partial charge in [-0.05, 0) is 77.0 Å². The lowest BCUT2D eigenvalue weighted by atomic mass is 10.1. The largest absolute Gasteiger partial charge is 0.462 e. The van der Waals surface area contributed by atoms with Crippen molar-refractivity contribution in [2.45, 2.75) is 245 Å². The first-order valence-corrected chi connectivity index (χ1v) is 24.1. The molecule has 0 spiro atoms. The van der Waals surface area contributed by atoms with Gasteiger partial charge in [0.1, 0.15) is 13.2 Å². The van der Waals surface area contributed by atoms with Crippen molar-refractivity contribution in [2.24, 2.45) is 0 Å². The lowest BCUT2D eigenvalue weighted by Crippen LogP contribution is -2.30. The van der Waals surface area contributed by atoms with E-state index < -0.39 is 6.10 Å². The van der Waals surface area contributed by atoms with E-state index in [0.29, 0.717) is 19.3 Å². The molecule has 6 heteroatoms. The molecular formula is C51H90O6. The van der Waals surface area contributed by atoms with E-state index in [1.807, 2.05) is 0 Å². The molecule has 0 aliphatic carbocycles. The molecule has 1 atom stereocenters. The molecule has 0 amide bonds. The predicted molar refractivity (Wildman–Crippen MR) is 242 cm³/mol. The molecule has 0 aliphatic heterocycles. The fraction of sp³-hybridized carbons (Fsp3) is 0.784. The lowest BCUT2D eigenvalue weighted by Gasteiger charge is -2.18. The Kier molecular flexibility index (Phi) is 43.9. The molecule has 0 aromatic heterocycles. The van der Waals surface area contributed by atoms with Gasteiger partial charge in [-0.1, -0.05) is 191 Å². The van der Waals surface area contributed by atoms with Crippen LogP contribution in [0.3, 0.4) is 0 Å². The zero-order chi connectivity index (χ0) is 41.5. The first-order valence-electron chi connectivity index (χ1n) is 24.1. The molecule has 0 aromatic carbocycles. The second-order valence-corrected chi connectivity index (χ2v) is 16.0. The van der Waals surface area contributed by atoms with Gasteiger partial charge in [-0.25, -0.2) is 0 Å². The van der Waals surface area contributed by atoms with Crippen LogP contribution < -0.4 is 0 Å². The molecule has 0 N–H and O–H groups in total. The van der Waals surface area contributed by atoms with Crippen LogP contribution in [0.5, 0.6) is 0 Å². The molecule has 0 rings (SSSR count). The molecule has 330 valence electrons. The minimum atomic E-state index is -0.779. The summed E-state index contributed by atoms with van der Waals surface area (Å²) in [7, 11) is 0. The van der Waals surface area contributed by atoms with Crippen LogP contribution in [0.4, 0.5) is 0 Å². The molecule has 0 fully saturated rings. The highest BCUT2D eigenvalue weighted by atomic mass is 16.6. The molecule has 0 saturated heterocycles. The van der Waals surface area contributed by atoms with E-state index in [4.69, 9.17) is 14.2 Å². The van der Waals surface area contributed by atoms with Gasteiger partial charge in [0.25, 0.3) is 0 Å². The Labute approximate surface area is 352 Å². The molecular weight excluding hydrogens is 709 g/mol. The average molecular weight is 799 g/mol. The SMILES string of the molecule is CCCC/C=C\C/C=C\CCCCCCCC(=O)OC(COC(=O)CCCCCCCCCC)COC(=O)CCCCCCCCC/C=C\C/C=C\CCCCC. The Balaban J connectivity index is 4.34. The van der Waals surface area contributed by atoms with Gasteiger partial charge < -0.3 is 14.2 Å². The van der Waals surface area contributed by atoms with Gasteiger partial charge in [0, 0.05) is 19.3 Å². The fourth-order valence-electron chi connectivity index (χ4n) is 6.61. The number of ether oxygens (including phenoxy) is 3. The van der Waals surface area contributed by atoms with E-state index in [-0.39, 0.29) is 31.1 Å². The maximum Gasteiger partial charge on any atom is 0.306 e. The van der Waals surface area contributed by atoms with E-state index in [9.17, 15) is 14.4 Å². The van der Waals surface area contributed by atoms with Crippen molar-refractivity contribution < 1.29 is 28.6 Å². The number of hydrogen-bond acceptors (Lipinski definition) is 6. The third kappa shape index (κ3) is 44.3. The topological polar surface area (TPSA) is 78.9 Å². The molecule has 6 nitrogen and oxygen atoms in total. The molecule has 0 heterocycles. The summed E-state index contributed by atoms with van der Waals surface area (Å²) in [6, 6.07) is 0. The first-order chi connectivity index (χ1) is 28.0. The van der Waals surface area contributed by atoms with Crippen molar-refractivity contribution in [3.63, 3.8) is 0 Å². The van der Waals surface area contributed by atoms with Crippen LogP contribution in [0.15, 0.2) is 48.6 Å². The van der Waals surface area contributed by atoms with Gasteiger partial charge in [-0.3, -0.25) is 14.4 Å². The Morgan fingerprint density at radius 3 is 1.05 bits per heavy atom. The van der Waals surface area contributed by atoms with Gasteiger partial charge in [-0.15, -0.1) is 0 Å². The summed E-state index contributed by atoms with van der Waals surface area (Å²) >= 11 is 0. The summed E-state index contributed by atoms with van der Waals surface area (Å²) in [4.78, 5) is 37.7. The summed E-state index contributed by atoms with van der Waals surface area (Å²) in [6.07, 6.45) is 53.8. The van der Waals surface area contributed by atoms with Crippen molar-refractivity contribution in [3.05, 3.63) is 48.6 Å². The Morgan fingerprint density at radius 1 is 0.351 bits per heavy atom. The van der Waals surface area contributed by atoms with Crippen molar-refractivity contribution in [1.82, 2.24) is 0 Å². The van der Waals surface area contributed by atoms with Crippen LogP contribution in [0.1, 0.15) is 239 Å². The number of rotatable bonds is 43. The normalized spacial score (nSPS) is 12.4. The van der Waals surface area contributed by atoms with Crippen molar-refractivity contribution >= 4 is 17.9 Å². The summed E-state index contributed by atoms with van der Waals surface area (Å²) < 4.78 is 16.7. The number of carbonyl (C=O) groups excluding carboxylic acids is 3. The van der Waals surface area contributed by atoms with E-state index in [1.165, 1.54) is 103 Å². The summed E-state index contributed by atoms with van der Waals surface area (Å²) in [6.45, 7) is 6.52. The maximum absolute atomic E-state index is 12.7. The standard InChI is InChI=1S/C51H90O6/c1-4-7-10-13-16-19-21-23-25-26-27-29-30-32-35-38-41-44-50(53)56-47-48(46-55-49(52)43-40-37-34-18-15-12-9-6-3)57-51(54)45-42-39-36-33-31-28-24-22-20-17-14-11-8-5-2/h14,16-17,19,22-25,48H,4-13,15,18,20-21,26-47H2,1-3H3/b17-14-,19-16-,24-22-,25-23-. The van der Waals surface area contributed by atoms with Crippen molar-refractivity contribution in [3.8, 4) is 0 Å².